The summed E-state index contributed by atoms with van der Waals surface area (Å²) in [4.78, 5) is 0. The lowest BCUT2D eigenvalue weighted by Crippen LogP contribution is -1.85. The number of hydrogen-bond donors (Lipinski definition) is 1. The van der Waals surface area contributed by atoms with Crippen molar-refractivity contribution < 1.29 is 4.42 Å². The van der Waals surface area contributed by atoms with Gasteiger partial charge in [0, 0.05) is 12.6 Å². The largest absolute Gasteiger partial charge is 0.403 e. The Bertz CT molecular complexity index is 419. The fourth-order valence-electron chi connectivity index (χ4n) is 1.14. The van der Waals surface area contributed by atoms with Crippen molar-refractivity contribution in [3.8, 4) is 11.5 Å². The van der Waals surface area contributed by atoms with Crippen LogP contribution < -0.4 is 5.32 Å². The molecule has 0 bridgehead atoms. The second-order valence-electron chi connectivity index (χ2n) is 3.03. The molecule has 4 nitrogen and oxygen atoms in total. The Kier molecular flexibility index (Phi) is 2.18. The summed E-state index contributed by atoms with van der Waals surface area (Å²) in [5.41, 5.74) is 2.15. The standard InChI is InChI=1S/C10H11N3O/c1-7-3-5-8(6-4-7)9-12-13-10(11-2)14-9/h3-6H,1-2H3,(H,11,13). The van der Waals surface area contributed by atoms with E-state index in [-0.39, 0.29) is 0 Å². The zero-order valence-electron chi connectivity index (χ0n) is 8.11. The van der Waals surface area contributed by atoms with E-state index in [1.165, 1.54) is 5.56 Å². The first-order chi connectivity index (χ1) is 6.79. The molecule has 0 fully saturated rings. The van der Waals surface area contributed by atoms with Crippen LogP contribution in [0.2, 0.25) is 0 Å². The highest BCUT2D eigenvalue weighted by Gasteiger charge is 2.05. The normalized spacial score (nSPS) is 10.1. The van der Waals surface area contributed by atoms with Crippen molar-refractivity contribution in [3.63, 3.8) is 0 Å². The van der Waals surface area contributed by atoms with Gasteiger partial charge in [0.1, 0.15) is 0 Å². The lowest BCUT2D eigenvalue weighted by atomic mass is 10.1. The van der Waals surface area contributed by atoms with Crippen LogP contribution in [-0.4, -0.2) is 17.2 Å². The monoisotopic (exact) mass is 189 g/mol. The van der Waals surface area contributed by atoms with Crippen molar-refractivity contribution in [2.45, 2.75) is 6.92 Å². The van der Waals surface area contributed by atoms with E-state index in [0.29, 0.717) is 11.9 Å². The maximum atomic E-state index is 5.33. The molecule has 1 aromatic heterocycles. The Morgan fingerprint density at radius 3 is 2.43 bits per heavy atom. The SMILES string of the molecule is CNc1nnc(-c2ccc(C)cc2)o1. The Labute approximate surface area is 82.0 Å². The molecule has 0 aliphatic heterocycles. The van der Waals surface area contributed by atoms with Crippen LogP contribution in [0.5, 0.6) is 0 Å². The first-order valence-corrected chi connectivity index (χ1v) is 4.38. The highest BCUT2D eigenvalue weighted by molar-refractivity contribution is 5.53. The fourth-order valence-corrected chi connectivity index (χ4v) is 1.14. The Hall–Kier alpha value is -1.84. The van der Waals surface area contributed by atoms with Crippen LogP contribution in [0.4, 0.5) is 6.01 Å². The molecule has 72 valence electrons. The molecule has 0 aliphatic rings. The number of nitrogens with one attached hydrogen (secondary N) is 1. The molecular weight excluding hydrogens is 178 g/mol. The quantitative estimate of drug-likeness (QED) is 0.785. The van der Waals surface area contributed by atoms with Gasteiger partial charge in [-0.3, -0.25) is 0 Å². The van der Waals surface area contributed by atoms with Crippen molar-refractivity contribution in [2.24, 2.45) is 0 Å². The van der Waals surface area contributed by atoms with Gasteiger partial charge in [0.25, 0.3) is 0 Å². The van der Waals surface area contributed by atoms with Crippen LogP contribution in [0.1, 0.15) is 5.56 Å². The van der Waals surface area contributed by atoms with Crippen molar-refractivity contribution in [1.82, 2.24) is 10.2 Å². The second-order valence-corrected chi connectivity index (χ2v) is 3.03. The molecule has 1 heterocycles. The highest BCUT2D eigenvalue weighted by atomic mass is 16.4. The summed E-state index contributed by atoms with van der Waals surface area (Å²) in [6, 6.07) is 8.38. The maximum absolute atomic E-state index is 5.33. The third-order valence-corrected chi connectivity index (χ3v) is 1.94. The van der Waals surface area contributed by atoms with Crippen LogP contribution in [0, 0.1) is 6.92 Å². The molecule has 4 heteroatoms. The Balaban J connectivity index is 2.34. The molecule has 14 heavy (non-hydrogen) atoms. The van der Waals surface area contributed by atoms with Gasteiger partial charge in [-0.05, 0) is 19.1 Å². The molecule has 1 aromatic carbocycles. The van der Waals surface area contributed by atoms with Gasteiger partial charge < -0.3 is 9.73 Å². The molecule has 0 saturated heterocycles. The first kappa shape index (κ1) is 8.74. The van der Waals surface area contributed by atoms with Crippen molar-refractivity contribution >= 4 is 6.01 Å². The van der Waals surface area contributed by atoms with E-state index in [2.05, 4.69) is 15.5 Å². The zero-order chi connectivity index (χ0) is 9.97. The second kappa shape index (κ2) is 3.49. The van der Waals surface area contributed by atoms with E-state index >= 15 is 0 Å². The van der Waals surface area contributed by atoms with Gasteiger partial charge in [-0.2, -0.15) is 0 Å². The van der Waals surface area contributed by atoms with Crippen molar-refractivity contribution in [3.05, 3.63) is 29.8 Å². The van der Waals surface area contributed by atoms with E-state index < -0.39 is 0 Å². The predicted octanol–water partition coefficient (Wildman–Crippen LogP) is 2.09. The molecule has 2 aromatic rings. The average Bonchev–Trinajstić information content (AvgIpc) is 2.67. The van der Waals surface area contributed by atoms with E-state index in [0.717, 1.165) is 5.56 Å². The van der Waals surface area contributed by atoms with E-state index in [1.54, 1.807) is 7.05 Å². The number of rotatable bonds is 2. The smallest absolute Gasteiger partial charge is 0.315 e. The Morgan fingerprint density at radius 2 is 1.86 bits per heavy atom. The van der Waals surface area contributed by atoms with Crippen LogP contribution in [-0.2, 0) is 0 Å². The molecule has 0 amide bonds. The lowest BCUT2D eigenvalue weighted by Gasteiger charge is -1.94. The lowest BCUT2D eigenvalue weighted by molar-refractivity contribution is 0.585. The number of hydrogen-bond acceptors (Lipinski definition) is 4. The first-order valence-electron chi connectivity index (χ1n) is 4.38. The molecule has 0 aliphatic carbocycles. The fraction of sp³-hybridized carbons (Fsp3) is 0.200. The van der Waals surface area contributed by atoms with E-state index in [1.807, 2.05) is 31.2 Å². The van der Waals surface area contributed by atoms with Gasteiger partial charge in [0.05, 0.1) is 0 Å². The highest BCUT2D eigenvalue weighted by Crippen LogP contribution is 2.19. The number of nitrogens with zero attached hydrogens (tertiary/aromatic N) is 2. The zero-order valence-corrected chi connectivity index (χ0v) is 8.11. The van der Waals surface area contributed by atoms with Crippen LogP contribution in [0.3, 0.4) is 0 Å². The van der Waals surface area contributed by atoms with Crippen LogP contribution >= 0.6 is 0 Å². The number of benzene rings is 1. The summed E-state index contributed by atoms with van der Waals surface area (Å²) >= 11 is 0. The molecule has 0 atom stereocenters. The van der Waals surface area contributed by atoms with Crippen LogP contribution in [0.15, 0.2) is 28.7 Å². The van der Waals surface area contributed by atoms with Crippen LogP contribution in [0.25, 0.3) is 11.5 Å². The van der Waals surface area contributed by atoms with E-state index in [4.69, 9.17) is 4.42 Å². The summed E-state index contributed by atoms with van der Waals surface area (Å²) in [6.07, 6.45) is 0. The molecule has 2 rings (SSSR count). The minimum absolute atomic E-state index is 0.431. The topological polar surface area (TPSA) is 51.0 Å². The predicted molar refractivity (Wildman–Crippen MR) is 54.0 cm³/mol. The van der Waals surface area contributed by atoms with Gasteiger partial charge in [0.15, 0.2) is 0 Å². The summed E-state index contributed by atoms with van der Waals surface area (Å²) in [5.74, 6) is 0.536. The third kappa shape index (κ3) is 1.59. The van der Waals surface area contributed by atoms with Gasteiger partial charge in [-0.25, -0.2) is 0 Å². The molecular formula is C10H11N3O. The third-order valence-electron chi connectivity index (χ3n) is 1.94. The van der Waals surface area contributed by atoms with Crippen molar-refractivity contribution in [1.29, 1.82) is 0 Å². The molecule has 0 unspecified atom stereocenters. The summed E-state index contributed by atoms with van der Waals surface area (Å²) in [7, 11) is 1.74. The molecule has 0 spiro atoms. The van der Waals surface area contributed by atoms with Gasteiger partial charge in [0.2, 0.25) is 5.89 Å². The van der Waals surface area contributed by atoms with Crippen molar-refractivity contribution in [2.75, 3.05) is 12.4 Å². The van der Waals surface area contributed by atoms with E-state index in [9.17, 15) is 0 Å². The summed E-state index contributed by atoms with van der Waals surface area (Å²) in [5, 5.41) is 10.5. The van der Waals surface area contributed by atoms with Gasteiger partial charge in [-0.15, -0.1) is 5.10 Å². The summed E-state index contributed by atoms with van der Waals surface area (Å²) < 4.78 is 5.33. The molecule has 0 saturated carbocycles. The van der Waals surface area contributed by atoms with Gasteiger partial charge in [-0.1, -0.05) is 22.8 Å². The minimum Gasteiger partial charge on any atom is -0.403 e. The summed E-state index contributed by atoms with van der Waals surface area (Å²) in [6.45, 7) is 2.04. The molecule has 0 radical (unpaired) electrons. The van der Waals surface area contributed by atoms with Gasteiger partial charge >= 0.3 is 6.01 Å². The molecule has 1 N–H and O–H groups in total. The Morgan fingerprint density at radius 1 is 1.14 bits per heavy atom. The average molecular weight is 189 g/mol. The maximum Gasteiger partial charge on any atom is 0.315 e. The number of aromatic nitrogens is 2. The minimum atomic E-state index is 0.431. The number of aryl methyl sites for hydroxylation is 1. The number of anilines is 1.